The number of nitrogens with one attached hydrogen (secondary N) is 2. The maximum Gasteiger partial charge on any atom is 0.251 e. The lowest BCUT2D eigenvalue weighted by Crippen LogP contribution is -2.47. The number of benzene rings is 2. The molecule has 34 heavy (non-hydrogen) atoms. The third kappa shape index (κ3) is 5.27. The predicted molar refractivity (Wildman–Crippen MR) is 130 cm³/mol. The molecule has 1 saturated heterocycles. The van der Waals surface area contributed by atoms with Crippen LogP contribution < -0.4 is 10.6 Å². The van der Waals surface area contributed by atoms with Crippen LogP contribution in [0.1, 0.15) is 24.2 Å². The van der Waals surface area contributed by atoms with Gasteiger partial charge in [0.25, 0.3) is 5.91 Å². The van der Waals surface area contributed by atoms with E-state index < -0.39 is 22.0 Å². The van der Waals surface area contributed by atoms with Gasteiger partial charge in [-0.15, -0.1) is 0 Å². The molecule has 1 fully saturated rings. The zero-order valence-corrected chi connectivity index (χ0v) is 20.5. The molecule has 11 heteroatoms. The molecule has 2 amide bonds. The van der Waals surface area contributed by atoms with E-state index in [1.165, 1.54) is 39.9 Å². The molecular formula is C23H26N4O5S2. The fraction of sp³-hybridized carbons (Fsp3) is 0.348. The van der Waals surface area contributed by atoms with Crippen molar-refractivity contribution in [1.29, 1.82) is 0 Å². The molecule has 1 aromatic heterocycles. The van der Waals surface area contributed by atoms with E-state index in [1.807, 2.05) is 38.1 Å². The minimum Gasteiger partial charge on any atom is -0.379 e. The molecule has 1 atom stereocenters. The standard InChI is InChI=1S/C23H26N4O5S2/c1-15(2)20(22(29)26-23-24-18-8-3-4-9-19(18)33-23)25-21(28)16-6-5-7-17(14-16)34(30,31)27-10-12-32-13-11-27/h3-9,14-15,20H,10-13H2,1-2H3,(H,25,28)(H,24,26,29)/t20-/m0/s1. The number of ether oxygens (including phenoxy) is 1. The van der Waals surface area contributed by atoms with Gasteiger partial charge in [-0.3, -0.25) is 9.59 Å². The van der Waals surface area contributed by atoms with Crippen molar-refractivity contribution in [3.05, 3.63) is 54.1 Å². The first-order valence-corrected chi connectivity index (χ1v) is 13.2. The lowest BCUT2D eigenvalue weighted by molar-refractivity contribution is -0.118. The summed E-state index contributed by atoms with van der Waals surface area (Å²) in [6.45, 7) is 4.84. The van der Waals surface area contributed by atoms with Gasteiger partial charge in [-0.2, -0.15) is 4.31 Å². The van der Waals surface area contributed by atoms with E-state index in [0.29, 0.717) is 18.3 Å². The molecule has 2 heterocycles. The summed E-state index contributed by atoms with van der Waals surface area (Å²) in [7, 11) is -3.75. The summed E-state index contributed by atoms with van der Waals surface area (Å²) < 4.78 is 33.4. The van der Waals surface area contributed by atoms with E-state index >= 15 is 0 Å². The van der Waals surface area contributed by atoms with Gasteiger partial charge in [0.15, 0.2) is 5.13 Å². The van der Waals surface area contributed by atoms with Gasteiger partial charge >= 0.3 is 0 Å². The first-order chi connectivity index (χ1) is 16.3. The lowest BCUT2D eigenvalue weighted by Gasteiger charge is -2.26. The number of hydrogen-bond donors (Lipinski definition) is 2. The fourth-order valence-electron chi connectivity index (χ4n) is 3.60. The van der Waals surface area contributed by atoms with Gasteiger partial charge in [0.2, 0.25) is 15.9 Å². The molecule has 4 rings (SSSR count). The molecule has 0 unspecified atom stereocenters. The molecule has 3 aromatic rings. The second-order valence-corrected chi connectivity index (χ2v) is 11.2. The Morgan fingerprint density at radius 2 is 1.82 bits per heavy atom. The maximum absolute atomic E-state index is 13.0. The summed E-state index contributed by atoms with van der Waals surface area (Å²) in [6, 6.07) is 12.6. The minimum absolute atomic E-state index is 0.0297. The summed E-state index contributed by atoms with van der Waals surface area (Å²) in [6.07, 6.45) is 0. The highest BCUT2D eigenvalue weighted by Crippen LogP contribution is 2.26. The predicted octanol–water partition coefficient (Wildman–Crippen LogP) is 2.71. The van der Waals surface area contributed by atoms with Crippen molar-refractivity contribution in [2.75, 3.05) is 31.6 Å². The van der Waals surface area contributed by atoms with E-state index in [0.717, 1.165) is 10.2 Å². The van der Waals surface area contributed by atoms with Crippen LogP contribution in [0.15, 0.2) is 53.4 Å². The first-order valence-electron chi connectivity index (χ1n) is 10.9. The number of fused-ring (bicyclic) bond motifs is 1. The number of carbonyl (C=O) groups excluding carboxylic acids is 2. The van der Waals surface area contributed by atoms with E-state index in [2.05, 4.69) is 15.6 Å². The van der Waals surface area contributed by atoms with Crippen LogP contribution in [0.5, 0.6) is 0 Å². The molecule has 0 radical (unpaired) electrons. The summed E-state index contributed by atoms with van der Waals surface area (Å²) >= 11 is 1.35. The largest absolute Gasteiger partial charge is 0.379 e. The van der Waals surface area contributed by atoms with Crippen LogP contribution in [0, 0.1) is 5.92 Å². The number of morpholine rings is 1. The van der Waals surface area contributed by atoms with E-state index in [4.69, 9.17) is 4.74 Å². The SMILES string of the molecule is CC(C)[C@H](NC(=O)c1cccc(S(=O)(=O)N2CCOCC2)c1)C(=O)Nc1nc2ccccc2s1. The molecule has 0 bridgehead atoms. The van der Waals surface area contributed by atoms with Crippen molar-refractivity contribution in [2.45, 2.75) is 24.8 Å². The van der Waals surface area contributed by atoms with Crippen LogP contribution in [-0.4, -0.2) is 61.9 Å². The normalized spacial score (nSPS) is 15.9. The number of rotatable bonds is 7. The Morgan fingerprint density at radius 1 is 1.09 bits per heavy atom. The molecule has 0 spiro atoms. The number of amides is 2. The zero-order chi connectivity index (χ0) is 24.3. The fourth-order valence-corrected chi connectivity index (χ4v) is 5.93. The number of sulfonamides is 1. The zero-order valence-electron chi connectivity index (χ0n) is 18.9. The van der Waals surface area contributed by atoms with E-state index in [9.17, 15) is 18.0 Å². The highest BCUT2D eigenvalue weighted by atomic mass is 32.2. The van der Waals surface area contributed by atoms with Gasteiger partial charge < -0.3 is 15.4 Å². The number of para-hydroxylation sites is 1. The minimum atomic E-state index is -3.75. The molecule has 2 aromatic carbocycles. The van der Waals surface area contributed by atoms with Crippen LogP contribution >= 0.6 is 11.3 Å². The Balaban J connectivity index is 1.49. The molecule has 0 saturated carbocycles. The van der Waals surface area contributed by atoms with Crippen molar-refractivity contribution in [2.24, 2.45) is 5.92 Å². The number of aromatic nitrogens is 1. The van der Waals surface area contributed by atoms with Crippen LogP contribution in [-0.2, 0) is 19.6 Å². The van der Waals surface area contributed by atoms with Gasteiger partial charge in [-0.05, 0) is 36.2 Å². The maximum atomic E-state index is 13.0. The van der Waals surface area contributed by atoms with Crippen LogP contribution in [0.3, 0.4) is 0 Å². The second-order valence-electron chi connectivity index (χ2n) is 8.22. The Morgan fingerprint density at radius 3 is 2.53 bits per heavy atom. The topological polar surface area (TPSA) is 118 Å². The Hall–Kier alpha value is -2.86. The number of hydrogen-bond acceptors (Lipinski definition) is 7. The van der Waals surface area contributed by atoms with Gasteiger partial charge in [0, 0.05) is 18.7 Å². The highest BCUT2D eigenvalue weighted by Gasteiger charge is 2.29. The molecular weight excluding hydrogens is 476 g/mol. The van der Waals surface area contributed by atoms with Crippen molar-refractivity contribution in [3.8, 4) is 0 Å². The molecule has 180 valence electrons. The lowest BCUT2D eigenvalue weighted by atomic mass is 10.0. The number of carbonyl (C=O) groups is 2. The Bertz CT molecular complexity index is 1270. The third-order valence-electron chi connectivity index (χ3n) is 5.46. The average Bonchev–Trinajstić information content (AvgIpc) is 3.25. The van der Waals surface area contributed by atoms with Crippen LogP contribution in [0.4, 0.5) is 5.13 Å². The van der Waals surface area contributed by atoms with Gasteiger partial charge in [-0.1, -0.05) is 43.4 Å². The first kappa shape index (κ1) is 24.3. The van der Waals surface area contributed by atoms with Crippen molar-refractivity contribution < 1.29 is 22.7 Å². The average molecular weight is 503 g/mol. The third-order valence-corrected chi connectivity index (χ3v) is 8.31. The molecule has 1 aliphatic heterocycles. The second kappa shape index (κ2) is 10.2. The van der Waals surface area contributed by atoms with Crippen LogP contribution in [0.2, 0.25) is 0 Å². The van der Waals surface area contributed by atoms with E-state index in [-0.39, 0.29) is 35.4 Å². The van der Waals surface area contributed by atoms with Crippen molar-refractivity contribution >= 4 is 48.5 Å². The van der Waals surface area contributed by atoms with Gasteiger partial charge in [0.1, 0.15) is 6.04 Å². The Kier molecular flexibility index (Phi) is 7.27. The molecule has 1 aliphatic rings. The summed E-state index contributed by atoms with van der Waals surface area (Å²) in [5.74, 6) is -1.13. The summed E-state index contributed by atoms with van der Waals surface area (Å²) in [5, 5.41) is 5.98. The molecule has 0 aliphatic carbocycles. The molecule has 2 N–H and O–H groups in total. The van der Waals surface area contributed by atoms with Crippen molar-refractivity contribution in [1.82, 2.24) is 14.6 Å². The number of nitrogens with zero attached hydrogens (tertiary/aromatic N) is 2. The quantitative estimate of drug-likeness (QED) is 0.513. The smallest absolute Gasteiger partial charge is 0.251 e. The van der Waals surface area contributed by atoms with Crippen molar-refractivity contribution in [3.63, 3.8) is 0 Å². The van der Waals surface area contributed by atoms with Crippen LogP contribution in [0.25, 0.3) is 10.2 Å². The van der Waals surface area contributed by atoms with E-state index in [1.54, 1.807) is 0 Å². The summed E-state index contributed by atoms with van der Waals surface area (Å²) in [5.41, 5.74) is 0.944. The number of anilines is 1. The summed E-state index contributed by atoms with van der Waals surface area (Å²) in [4.78, 5) is 30.4. The highest BCUT2D eigenvalue weighted by molar-refractivity contribution is 7.89. The molecule has 9 nitrogen and oxygen atoms in total. The number of thiazole rings is 1. The Labute approximate surface area is 202 Å². The van der Waals surface area contributed by atoms with Gasteiger partial charge in [0.05, 0.1) is 28.3 Å². The van der Waals surface area contributed by atoms with Gasteiger partial charge in [-0.25, -0.2) is 13.4 Å². The monoisotopic (exact) mass is 502 g/mol.